The Bertz CT molecular complexity index is 413. The van der Waals surface area contributed by atoms with Gasteiger partial charge in [0, 0.05) is 0 Å². The Morgan fingerprint density at radius 2 is 1.93 bits per heavy atom. The summed E-state index contributed by atoms with van der Waals surface area (Å²) in [7, 11) is 0. The lowest BCUT2D eigenvalue weighted by Crippen LogP contribution is -2.09. The van der Waals surface area contributed by atoms with Crippen molar-refractivity contribution in [2.75, 3.05) is 0 Å². The molecule has 0 aliphatic rings. The van der Waals surface area contributed by atoms with E-state index in [-0.39, 0.29) is 34.4 Å². The second-order valence-corrected chi connectivity index (χ2v) is 1.84. The van der Waals surface area contributed by atoms with Crippen LogP contribution in [0.3, 0.4) is 0 Å². The number of nitrogens with zero attached hydrogens (tertiary/aromatic N) is 3. The molecule has 2 aromatic heterocycles. The first-order valence-electron chi connectivity index (χ1n) is 2.74. The highest BCUT2D eigenvalue weighted by Crippen LogP contribution is 1.86. The first-order chi connectivity index (χ1) is 4.88. The van der Waals surface area contributed by atoms with Crippen molar-refractivity contribution in [1.29, 1.82) is 0 Å². The number of aromatic amines is 1. The summed E-state index contributed by atoms with van der Waals surface area (Å²) in [4.78, 5) is 17.1. The van der Waals surface area contributed by atoms with Crippen molar-refractivity contribution in [3.8, 4) is 0 Å². The SMILES string of the molecule is Cl.O.O.O.O=c1[nH]cnn2cncc12. The second-order valence-electron chi connectivity index (χ2n) is 1.84. The number of fused-ring (bicyclic) bond motifs is 1. The average molecular weight is 227 g/mol. The van der Waals surface area contributed by atoms with Gasteiger partial charge in [-0.1, -0.05) is 0 Å². The fourth-order valence-corrected chi connectivity index (χ4v) is 0.767. The van der Waals surface area contributed by atoms with Crippen LogP contribution in [0.25, 0.3) is 5.52 Å². The molecule has 0 atom stereocenters. The van der Waals surface area contributed by atoms with Gasteiger partial charge in [-0.2, -0.15) is 5.10 Å². The number of halogens is 1. The predicted molar refractivity (Wildman–Crippen MR) is 51.7 cm³/mol. The van der Waals surface area contributed by atoms with E-state index < -0.39 is 0 Å². The molecule has 8 nitrogen and oxygen atoms in total. The molecular weight excluding hydrogens is 216 g/mol. The molecule has 0 amide bonds. The highest BCUT2D eigenvalue weighted by molar-refractivity contribution is 5.85. The standard InChI is InChI=1S/C5H4N4O.ClH.3H2O/c10-5-4-1-6-3-9(4)8-2-7-5;;;;/h1-3H,(H,7,8,10);1H;3*1H2. The summed E-state index contributed by atoms with van der Waals surface area (Å²) in [5.74, 6) is 0. The molecule has 0 saturated carbocycles. The third-order valence-electron chi connectivity index (χ3n) is 1.23. The number of hydrogen-bond acceptors (Lipinski definition) is 3. The van der Waals surface area contributed by atoms with E-state index in [9.17, 15) is 4.79 Å². The molecule has 2 heterocycles. The first kappa shape index (κ1) is 18.3. The van der Waals surface area contributed by atoms with E-state index >= 15 is 0 Å². The fourth-order valence-electron chi connectivity index (χ4n) is 0.767. The smallest absolute Gasteiger partial charge is 0.276 e. The van der Waals surface area contributed by atoms with Crippen LogP contribution in [0.5, 0.6) is 0 Å². The van der Waals surface area contributed by atoms with E-state index in [1.54, 1.807) is 0 Å². The number of H-pyrrole nitrogens is 1. The molecule has 0 bridgehead atoms. The topological polar surface area (TPSA) is 158 Å². The summed E-state index contributed by atoms with van der Waals surface area (Å²) >= 11 is 0. The van der Waals surface area contributed by atoms with E-state index in [1.807, 2.05) is 0 Å². The molecule has 0 radical (unpaired) electrons. The van der Waals surface area contributed by atoms with E-state index in [2.05, 4.69) is 15.1 Å². The van der Waals surface area contributed by atoms with Crippen LogP contribution >= 0.6 is 12.4 Å². The molecule has 0 fully saturated rings. The number of imidazole rings is 1. The molecule has 2 rings (SSSR count). The van der Waals surface area contributed by atoms with Crippen molar-refractivity contribution in [2.45, 2.75) is 0 Å². The summed E-state index contributed by atoms with van der Waals surface area (Å²) in [6, 6.07) is 0. The van der Waals surface area contributed by atoms with E-state index in [0.717, 1.165) is 0 Å². The van der Waals surface area contributed by atoms with Gasteiger partial charge in [0.15, 0.2) is 0 Å². The van der Waals surface area contributed by atoms with Crippen LogP contribution in [0.15, 0.2) is 23.6 Å². The van der Waals surface area contributed by atoms with Crippen molar-refractivity contribution in [3.63, 3.8) is 0 Å². The minimum Gasteiger partial charge on any atom is -0.412 e. The van der Waals surface area contributed by atoms with Gasteiger partial charge in [0.25, 0.3) is 5.56 Å². The molecule has 0 saturated heterocycles. The molecule has 7 N–H and O–H groups in total. The third kappa shape index (κ3) is 2.78. The molecule has 82 valence electrons. The Kier molecular flexibility index (Phi) is 9.13. The van der Waals surface area contributed by atoms with Gasteiger partial charge >= 0.3 is 0 Å². The maximum atomic E-state index is 10.9. The predicted octanol–water partition coefficient (Wildman–Crippen LogP) is -2.63. The van der Waals surface area contributed by atoms with Crippen LogP contribution in [-0.2, 0) is 0 Å². The highest BCUT2D eigenvalue weighted by atomic mass is 35.5. The van der Waals surface area contributed by atoms with Gasteiger partial charge in [-0.3, -0.25) is 4.79 Å². The summed E-state index contributed by atoms with van der Waals surface area (Å²) in [6.07, 6.45) is 4.27. The number of rotatable bonds is 0. The molecule has 14 heavy (non-hydrogen) atoms. The van der Waals surface area contributed by atoms with Gasteiger partial charge in [-0.05, 0) is 0 Å². The van der Waals surface area contributed by atoms with Gasteiger partial charge < -0.3 is 21.4 Å². The van der Waals surface area contributed by atoms with E-state index in [4.69, 9.17) is 0 Å². The second kappa shape index (κ2) is 6.97. The van der Waals surface area contributed by atoms with Crippen LogP contribution in [0.1, 0.15) is 0 Å². The largest absolute Gasteiger partial charge is 0.412 e. The maximum absolute atomic E-state index is 10.9. The minimum atomic E-state index is -0.174. The molecule has 0 aliphatic carbocycles. The summed E-state index contributed by atoms with van der Waals surface area (Å²) < 4.78 is 1.42. The quantitative estimate of drug-likeness (QED) is 0.521. The zero-order valence-electron chi connectivity index (χ0n) is 6.89. The van der Waals surface area contributed by atoms with Gasteiger partial charge in [0.2, 0.25) is 0 Å². The van der Waals surface area contributed by atoms with Gasteiger partial charge in [-0.15, -0.1) is 12.4 Å². The minimum absolute atomic E-state index is 0. The van der Waals surface area contributed by atoms with Crippen LogP contribution in [0.2, 0.25) is 0 Å². The van der Waals surface area contributed by atoms with Crippen molar-refractivity contribution < 1.29 is 16.4 Å². The normalized spacial score (nSPS) is 7.43. The molecule has 0 aliphatic heterocycles. The number of aromatic nitrogens is 4. The Morgan fingerprint density at radius 3 is 2.50 bits per heavy atom. The van der Waals surface area contributed by atoms with Gasteiger partial charge in [0.05, 0.1) is 6.20 Å². The molecule has 0 spiro atoms. The number of nitrogens with one attached hydrogen (secondary N) is 1. The summed E-state index contributed by atoms with van der Waals surface area (Å²) in [5.41, 5.74) is 0.287. The molecule has 0 aromatic carbocycles. The Labute approximate surface area is 83.9 Å². The van der Waals surface area contributed by atoms with Crippen molar-refractivity contribution in [3.05, 3.63) is 29.2 Å². The number of hydrogen-bond donors (Lipinski definition) is 1. The van der Waals surface area contributed by atoms with E-state index in [0.29, 0.717) is 5.52 Å². The van der Waals surface area contributed by atoms with Crippen molar-refractivity contribution >= 4 is 17.9 Å². The third-order valence-corrected chi connectivity index (χ3v) is 1.23. The highest BCUT2D eigenvalue weighted by Gasteiger charge is 1.94. The molecular formula is C5H11ClN4O4. The average Bonchev–Trinajstić information content (AvgIpc) is 2.36. The zero-order valence-corrected chi connectivity index (χ0v) is 7.71. The fraction of sp³-hybridized carbons (Fsp3) is 0. The van der Waals surface area contributed by atoms with Crippen molar-refractivity contribution in [2.24, 2.45) is 0 Å². The van der Waals surface area contributed by atoms with Gasteiger partial charge in [-0.25, -0.2) is 9.50 Å². The Morgan fingerprint density at radius 1 is 1.29 bits per heavy atom. The molecule has 9 heteroatoms. The van der Waals surface area contributed by atoms with Crippen LogP contribution in [-0.4, -0.2) is 36.0 Å². The lowest BCUT2D eigenvalue weighted by atomic mass is 10.6. The summed E-state index contributed by atoms with van der Waals surface area (Å²) in [5, 5.41) is 3.80. The maximum Gasteiger partial charge on any atom is 0.276 e. The lowest BCUT2D eigenvalue weighted by molar-refractivity contribution is 0.823. The Balaban J connectivity index is -0.000000302. The van der Waals surface area contributed by atoms with Gasteiger partial charge in [0.1, 0.15) is 18.2 Å². The lowest BCUT2D eigenvalue weighted by Gasteiger charge is -1.85. The molecule has 0 unspecified atom stereocenters. The first-order valence-corrected chi connectivity index (χ1v) is 2.74. The molecule has 2 aromatic rings. The van der Waals surface area contributed by atoms with Crippen LogP contribution in [0, 0.1) is 0 Å². The van der Waals surface area contributed by atoms with E-state index in [1.165, 1.54) is 23.4 Å². The van der Waals surface area contributed by atoms with Crippen LogP contribution < -0.4 is 5.56 Å². The van der Waals surface area contributed by atoms with Crippen molar-refractivity contribution in [1.82, 2.24) is 19.6 Å². The zero-order chi connectivity index (χ0) is 6.97. The Hall–Kier alpha value is -1.48. The summed E-state index contributed by atoms with van der Waals surface area (Å²) in [6.45, 7) is 0. The monoisotopic (exact) mass is 226 g/mol. The van der Waals surface area contributed by atoms with Crippen LogP contribution in [0.4, 0.5) is 0 Å².